The van der Waals surface area contributed by atoms with Gasteiger partial charge in [-0.25, -0.2) is 0 Å². The summed E-state index contributed by atoms with van der Waals surface area (Å²) in [5.74, 6) is 1.03. The van der Waals surface area contributed by atoms with Crippen LogP contribution in [0.5, 0.6) is 0 Å². The van der Waals surface area contributed by atoms with E-state index < -0.39 is 0 Å². The molecule has 7 heteroatoms. The van der Waals surface area contributed by atoms with Crippen LogP contribution in [0.3, 0.4) is 0 Å². The largest absolute Gasteiger partial charge is 0.337 e. The molecule has 1 saturated heterocycles. The second kappa shape index (κ2) is 4.41. The summed E-state index contributed by atoms with van der Waals surface area (Å²) in [5.41, 5.74) is 0.879. The molecule has 1 aliphatic heterocycles. The maximum absolute atomic E-state index is 12.5. The second-order valence-corrected chi connectivity index (χ2v) is 5.69. The topological polar surface area (TPSA) is 67.6 Å². The van der Waals surface area contributed by atoms with Crippen LogP contribution in [0.2, 0.25) is 0 Å². The molecular formula is C12H14N4O2S. The first-order valence-corrected chi connectivity index (χ1v) is 7.01. The van der Waals surface area contributed by atoms with Crippen molar-refractivity contribution >= 4 is 28.0 Å². The Balaban J connectivity index is 1.93. The molecule has 0 N–H and O–H groups in total. The van der Waals surface area contributed by atoms with Gasteiger partial charge in [0.05, 0.1) is 0 Å². The number of Topliss-reactive ketones (excluding diaryl/α,β-unsaturated/α-hetero) is 1. The van der Waals surface area contributed by atoms with E-state index in [4.69, 9.17) is 0 Å². The average molecular weight is 278 g/mol. The normalized spacial score (nSPS) is 16.3. The van der Waals surface area contributed by atoms with Gasteiger partial charge < -0.3 is 4.90 Å². The fourth-order valence-electron chi connectivity index (χ4n) is 2.36. The van der Waals surface area contributed by atoms with E-state index in [1.54, 1.807) is 4.90 Å². The van der Waals surface area contributed by atoms with E-state index in [0.717, 1.165) is 16.5 Å². The van der Waals surface area contributed by atoms with Crippen LogP contribution in [0.1, 0.15) is 34.0 Å². The van der Waals surface area contributed by atoms with Crippen molar-refractivity contribution in [2.24, 2.45) is 0 Å². The molecule has 3 rings (SSSR count). The zero-order valence-electron chi connectivity index (χ0n) is 10.8. The summed E-state index contributed by atoms with van der Waals surface area (Å²) in [6.07, 6.45) is 0.932. The van der Waals surface area contributed by atoms with Crippen LogP contribution in [-0.4, -0.2) is 44.3 Å². The van der Waals surface area contributed by atoms with Crippen LogP contribution in [0, 0.1) is 13.8 Å². The number of carbonyl (C=O) groups is 2. The molecule has 0 atom stereocenters. The van der Waals surface area contributed by atoms with Crippen molar-refractivity contribution in [1.29, 1.82) is 0 Å². The molecule has 2 aromatic heterocycles. The maximum Gasteiger partial charge on any atom is 0.265 e. The number of rotatable bonds is 1. The first-order chi connectivity index (χ1) is 9.08. The molecule has 0 bridgehead atoms. The fraction of sp³-hybridized carbons (Fsp3) is 0.500. The molecule has 0 aliphatic carbocycles. The number of nitrogens with zero attached hydrogens (tertiary/aromatic N) is 4. The van der Waals surface area contributed by atoms with Gasteiger partial charge in [0.15, 0.2) is 0 Å². The number of thiazole rings is 1. The minimum atomic E-state index is -0.0000926. The number of amides is 1. The zero-order valence-corrected chi connectivity index (χ0v) is 11.7. The van der Waals surface area contributed by atoms with Crippen LogP contribution < -0.4 is 0 Å². The van der Waals surface area contributed by atoms with Crippen molar-refractivity contribution in [2.75, 3.05) is 13.1 Å². The number of likely N-dealkylation sites (tertiary alicyclic amines) is 1. The Hall–Kier alpha value is -1.76. The van der Waals surface area contributed by atoms with E-state index in [1.165, 1.54) is 11.3 Å². The Morgan fingerprint density at radius 3 is 2.53 bits per heavy atom. The molecule has 19 heavy (non-hydrogen) atoms. The first-order valence-electron chi connectivity index (χ1n) is 6.20. The van der Waals surface area contributed by atoms with E-state index in [2.05, 4.69) is 10.2 Å². The lowest BCUT2D eigenvalue weighted by atomic mass is 10.1. The van der Waals surface area contributed by atoms with Gasteiger partial charge in [-0.2, -0.15) is 0 Å². The maximum atomic E-state index is 12.5. The van der Waals surface area contributed by atoms with Crippen LogP contribution >= 0.6 is 11.3 Å². The SMILES string of the molecule is Cc1nnc2sc(C(=O)N3CCC(=O)CC3)c(C)n12. The number of fused-ring (bicyclic) bond motifs is 1. The standard InChI is InChI=1S/C12H14N4O2S/c1-7-10(19-12-14-13-8(2)16(7)12)11(18)15-5-3-9(17)4-6-15/h3-6H2,1-2H3. The van der Waals surface area contributed by atoms with Gasteiger partial charge in [0, 0.05) is 31.6 Å². The van der Waals surface area contributed by atoms with Crippen molar-refractivity contribution in [3.8, 4) is 0 Å². The lowest BCUT2D eigenvalue weighted by molar-refractivity contribution is -0.120. The van der Waals surface area contributed by atoms with Crippen molar-refractivity contribution in [3.63, 3.8) is 0 Å². The van der Waals surface area contributed by atoms with Crippen molar-refractivity contribution in [2.45, 2.75) is 26.7 Å². The summed E-state index contributed by atoms with van der Waals surface area (Å²) < 4.78 is 1.90. The molecule has 0 radical (unpaired) electrons. The molecule has 1 amide bonds. The molecule has 0 unspecified atom stereocenters. The van der Waals surface area contributed by atoms with Crippen molar-refractivity contribution in [1.82, 2.24) is 19.5 Å². The Kier molecular flexibility index (Phi) is 2.85. The van der Waals surface area contributed by atoms with Gasteiger partial charge in [-0.15, -0.1) is 10.2 Å². The molecule has 100 valence electrons. The quantitative estimate of drug-likeness (QED) is 0.786. The molecule has 0 saturated carbocycles. The van der Waals surface area contributed by atoms with Gasteiger partial charge in [0.25, 0.3) is 5.91 Å². The summed E-state index contributed by atoms with van der Waals surface area (Å²) in [6, 6.07) is 0. The fourth-order valence-corrected chi connectivity index (χ4v) is 3.44. The molecule has 6 nitrogen and oxygen atoms in total. The van der Waals surface area contributed by atoms with Crippen LogP contribution in [0.4, 0.5) is 0 Å². The van der Waals surface area contributed by atoms with Crippen molar-refractivity contribution < 1.29 is 9.59 Å². The monoisotopic (exact) mass is 278 g/mol. The molecule has 0 aromatic carbocycles. The van der Waals surface area contributed by atoms with E-state index in [-0.39, 0.29) is 11.7 Å². The number of carbonyl (C=O) groups excluding carboxylic acids is 2. The number of aromatic nitrogens is 3. The third kappa shape index (κ3) is 1.94. The highest BCUT2D eigenvalue weighted by Crippen LogP contribution is 2.24. The van der Waals surface area contributed by atoms with Gasteiger partial charge in [-0.05, 0) is 13.8 Å². The van der Waals surface area contributed by atoms with E-state index in [0.29, 0.717) is 30.8 Å². The minimum Gasteiger partial charge on any atom is -0.337 e. The summed E-state index contributed by atoms with van der Waals surface area (Å²) in [5, 5.41) is 8.04. The molecule has 3 heterocycles. The second-order valence-electron chi connectivity index (χ2n) is 4.71. The van der Waals surface area contributed by atoms with E-state index >= 15 is 0 Å². The van der Waals surface area contributed by atoms with Gasteiger partial charge in [-0.1, -0.05) is 11.3 Å². The third-order valence-corrected chi connectivity index (χ3v) is 4.58. The Morgan fingerprint density at radius 2 is 1.89 bits per heavy atom. The van der Waals surface area contributed by atoms with Gasteiger partial charge in [-0.3, -0.25) is 14.0 Å². The first kappa shape index (κ1) is 12.3. The number of aryl methyl sites for hydroxylation is 2. The lowest BCUT2D eigenvalue weighted by Crippen LogP contribution is -2.38. The minimum absolute atomic E-state index is 0.0000926. The van der Waals surface area contributed by atoms with Crippen molar-refractivity contribution in [3.05, 3.63) is 16.4 Å². The highest BCUT2D eigenvalue weighted by Gasteiger charge is 2.26. The Morgan fingerprint density at radius 1 is 1.21 bits per heavy atom. The highest BCUT2D eigenvalue weighted by molar-refractivity contribution is 7.19. The Labute approximate surface area is 114 Å². The molecule has 1 fully saturated rings. The average Bonchev–Trinajstić information content (AvgIpc) is 2.91. The number of hydrogen-bond acceptors (Lipinski definition) is 5. The lowest BCUT2D eigenvalue weighted by Gasteiger charge is -2.25. The predicted molar refractivity (Wildman–Crippen MR) is 70.5 cm³/mol. The number of ketones is 1. The summed E-state index contributed by atoms with van der Waals surface area (Å²) >= 11 is 1.36. The molecule has 1 aliphatic rings. The molecule has 0 spiro atoms. The summed E-state index contributed by atoms with van der Waals surface area (Å²) in [7, 11) is 0. The van der Waals surface area contributed by atoms with Gasteiger partial charge in [0.2, 0.25) is 4.96 Å². The predicted octanol–water partition coefficient (Wildman–Crippen LogP) is 1.21. The molecule has 2 aromatic rings. The highest BCUT2D eigenvalue weighted by atomic mass is 32.1. The number of piperidine rings is 1. The summed E-state index contributed by atoms with van der Waals surface area (Å²) in [4.78, 5) is 26.9. The van der Waals surface area contributed by atoms with E-state index in [1.807, 2.05) is 18.2 Å². The zero-order chi connectivity index (χ0) is 13.6. The van der Waals surface area contributed by atoms with Gasteiger partial charge >= 0.3 is 0 Å². The van der Waals surface area contributed by atoms with Gasteiger partial charge in [0.1, 0.15) is 16.5 Å². The Bertz CT molecular complexity index is 663. The van der Waals surface area contributed by atoms with E-state index in [9.17, 15) is 9.59 Å². The molecular weight excluding hydrogens is 264 g/mol. The van der Waals surface area contributed by atoms with Crippen LogP contribution in [0.25, 0.3) is 4.96 Å². The number of hydrogen-bond donors (Lipinski definition) is 0. The third-order valence-electron chi connectivity index (χ3n) is 3.46. The van der Waals surface area contributed by atoms with Crippen LogP contribution in [0.15, 0.2) is 0 Å². The summed E-state index contributed by atoms with van der Waals surface area (Å²) in [6.45, 7) is 4.82. The smallest absolute Gasteiger partial charge is 0.265 e. The van der Waals surface area contributed by atoms with Crippen LogP contribution in [-0.2, 0) is 4.79 Å².